The molecule has 1 heterocycles. The molecule has 2 atom stereocenters. The molecule has 0 bridgehead atoms. The van der Waals surface area contributed by atoms with Gasteiger partial charge in [-0.05, 0) is 24.5 Å². The van der Waals surface area contributed by atoms with E-state index in [0.717, 1.165) is 12.0 Å². The van der Waals surface area contributed by atoms with E-state index in [4.69, 9.17) is 22.1 Å². The van der Waals surface area contributed by atoms with Crippen molar-refractivity contribution in [3.63, 3.8) is 0 Å². The lowest BCUT2D eigenvalue weighted by atomic mass is 9.90. The van der Waals surface area contributed by atoms with Crippen LogP contribution in [0.3, 0.4) is 0 Å². The smallest absolute Gasteiger partial charge is 0.142 e. The second-order valence-electron chi connectivity index (χ2n) is 4.20. The van der Waals surface area contributed by atoms with Crippen molar-refractivity contribution in [1.29, 1.82) is 0 Å². The molecule has 1 fully saturated rings. The predicted molar refractivity (Wildman–Crippen MR) is 62.0 cm³/mol. The van der Waals surface area contributed by atoms with Crippen molar-refractivity contribution >= 4 is 11.6 Å². The minimum atomic E-state index is -0.371. The number of ether oxygens (including phenoxy) is 1. The lowest BCUT2D eigenvalue weighted by Crippen LogP contribution is -2.39. The summed E-state index contributed by atoms with van der Waals surface area (Å²) < 4.78 is 18.6. The van der Waals surface area contributed by atoms with Crippen LogP contribution < -0.4 is 5.73 Å². The van der Waals surface area contributed by atoms with E-state index in [-0.39, 0.29) is 22.8 Å². The predicted octanol–water partition coefficient (Wildman–Crippen LogP) is 2.39. The van der Waals surface area contributed by atoms with Crippen LogP contribution >= 0.6 is 11.6 Å². The first-order valence-electron chi connectivity index (χ1n) is 5.44. The summed E-state index contributed by atoms with van der Waals surface area (Å²) in [5.41, 5.74) is 6.81. The summed E-state index contributed by atoms with van der Waals surface area (Å²) in [5, 5.41) is 0.209. The van der Waals surface area contributed by atoms with E-state index >= 15 is 0 Å². The summed E-state index contributed by atoms with van der Waals surface area (Å²) in [6.45, 7) is 1.35. The van der Waals surface area contributed by atoms with E-state index in [0.29, 0.717) is 19.6 Å². The summed E-state index contributed by atoms with van der Waals surface area (Å²) in [4.78, 5) is 0. The number of benzene rings is 1. The fourth-order valence-electron chi connectivity index (χ4n) is 2.01. The fourth-order valence-corrected chi connectivity index (χ4v) is 2.22. The van der Waals surface area contributed by atoms with Crippen molar-refractivity contribution in [3.8, 4) is 0 Å². The average molecular weight is 244 g/mol. The second kappa shape index (κ2) is 5.13. The Kier molecular flexibility index (Phi) is 3.79. The third kappa shape index (κ3) is 2.54. The zero-order valence-corrected chi connectivity index (χ0v) is 9.71. The van der Waals surface area contributed by atoms with Crippen molar-refractivity contribution in [2.75, 3.05) is 13.2 Å². The Morgan fingerprint density at radius 2 is 2.31 bits per heavy atom. The molecule has 1 aliphatic rings. The van der Waals surface area contributed by atoms with Crippen LogP contribution in [0.15, 0.2) is 18.2 Å². The summed E-state index contributed by atoms with van der Waals surface area (Å²) in [5.74, 6) is -0.141. The molecule has 1 aliphatic heterocycles. The number of nitrogens with two attached hydrogens (primary N) is 1. The standard InChI is InChI=1S/C12H15ClFNO/c13-12-8(2-1-3-10(12)14)6-9-7-16-5-4-11(9)15/h1-3,9,11H,4-7,15H2. The van der Waals surface area contributed by atoms with Crippen LogP contribution in [0.1, 0.15) is 12.0 Å². The molecule has 1 aromatic rings. The molecule has 0 aliphatic carbocycles. The van der Waals surface area contributed by atoms with Gasteiger partial charge in [0.2, 0.25) is 0 Å². The van der Waals surface area contributed by atoms with Gasteiger partial charge in [0.1, 0.15) is 5.82 Å². The first kappa shape index (κ1) is 11.8. The van der Waals surface area contributed by atoms with Gasteiger partial charge in [-0.1, -0.05) is 23.7 Å². The quantitative estimate of drug-likeness (QED) is 0.866. The zero-order chi connectivity index (χ0) is 11.5. The molecule has 2 nitrogen and oxygen atoms in total. The first-order valence-corrected chi connectivity index (χ1v) is 5.82. The summed E-state index contributed by atoms with van der Waals surface area (Å²) in [6, 6.07) is 5.00. The Bertz CT molecular complexity index is 372. The Hall–Kier alpha value is -0.640. The molecular formula is C12H15ClFNO. The Labute approximate surface area is 99.5 Å². The van der Waals surface area contributed by atoms with E-state index in [1.807, 2.05) is 6.07 Å². The van der Waals surface area contributed by atoms with Gasteiger partial charge < -0.3 is 10.5 Å². The maximum absolute atomic E-state index is 13.2. The fraction of sp³-hybridized carbons (Fsp3) is 0.500. The van der Waals surface area contributed by atoms with Gasteiger partial charge in [-0.3, -0.25) is 0 Å². The second-order valence-corrected chi connectivity index (χ2v) is 4.58. The van der Waals surface area contributed by atoms with Crippen molar-refractivity contribution in [3.05, 3.63) is 34.6 Å². The summed E-state index contributed by atoms with van der Waals surface area (Å²) in [7, 11) is 0. The van der Waals surface area contributed by atoms with Gasteiger partial charge in [-0.15, -0.1) is 0 Å². The van der Waals surface area contributed by atoms with Crippen LogP contribution in [0.2, 0.25) is 5.02 Å². The molecule has 1 saturated heterocycles. The minimum Gasteiger partial charge on any atom is -0.381 e. The molecular weight excluding hydrogens is 229 g/mol. The lowest BCUT2D eigenvalue weighted by Gasteiger charge is -2.28. The maximum Gasteiger partial charge on any atom is 0.142 e. The topological polar surface area (TPSA) is 35.2 Å². The normalized spacial score (nSPS) is 25.7. The molecule has 0 saturated carbocycles. The molecule has 0 radical (unpaired) electrons. The van der Waals surface area contributed by atoms with Gasteiger partial charge >= 0.3 is 0 Å². The average Bonchev–Trinajstić information content (AvgIpc) is 2.28. The molecule has 0 aromatic heterocycles. The van der Waals surface area contributed by atoms with E-state index < -0.39 is 0 Å². The van der Waals surface area contributed by atoms with Gasteiger partial charge in [-0.25, -0.2) is 4.39 Å². The monoisotopic (exact) mass is 243 g/mol. The molecule has 4 heteroatoms. The molecule has 0 spiro atoms. The van der Waals surface area contributed by atoms with E-state index in [2.05, 4.69) is 0 Å². The van der Waals surface area contributed by atoms with E-state index in [1.165, 1.54) is 6.07 Å². The molecule has 88 valence electrons. The summed E-state index contributed by atoms with van der Waals surface area (Å²) in [6.07, 6.45) is 1.54. The Morgan fingerprint density at radius 1 is 1.50 bits per heavy atom. The number of hydrogen-bond acceptors (Lipinski definition) is 2. The van der Waals surface area contributed by atoms with Crippen molar-refractivity contribution < 1.29 is 9.13 Å². The van der Waals surface area contributed by atoms with Crippen LogP contribution in [0.5, 0.6) is 0 Å². The highest BCUT2D eigenvalue weighted by Gasteiger charge is 2.23. The number of rotatable bonds is 2. The molecule has 16 heavy (non-hydrogen) atoms. The SMILES string of the molecule is NC1CCOCC1Cc1cccc(F)c1Cl. The van der Waals surface area contributed by atoms with Gasteiger partial charge in [-0.2, -0.15) is 0 Å². The van der Waals surface area contributed by atoms with E-state index in [1.54, 1.807) is 6.07 Å². The molecule has 0 amide bonds. The van der Waals surface area contributed by atoms with Gasteiger partial charge in [0, 0.05) is 18.6 Å². The zero-order valence-electron chi connectivity index (χ0n) is 8.96. The number of halogens is 2. The summed E-state index contributed by atoms with van der Waals surface area (Å²) >= 11 is 5.90. The van der Waals surface area contributed by atoms with Gasteiger partial charge in [0.25, 0.3) is 0 Å². The maximum atomic E-state index is 13.2. The number of hydrogen-bond donors (Lipinski definition) is 1. The molecule has 1 aromatic carbocycles. The molecule has 2 rings (SSSR count). The third-order valence-electron chi connectivity index (χ3n) is 3.05. The largest absolute Gasteiger partial charge is 0.381 e. The van der Waals surface area contributed by atoms with Gasteiger partial charge in [0.15, 0.2) is 0 Å². The third-order valence-corrected chi connectivity index (χ3v) is 3.47. The van der Waals surface area contributed by atoms with Crippen LogP contribution in [0.4, 0.5) is 4.39 Å². The lowest BCUT2D eigenvalue weighted by molar-refractivity contribution is 0.0422. The highest BCUT2D eigenvalue weighted by molar-refractivity contribution is 6.31. The van der Waals surface area contributed by atoms with Crippen LogP contribution in [-0.2, 0) is 11.2 Å². The van der Waals surface area contributed by atoms with Crippen LogP contribution in [0, 0.1) is 11.7 Å². The Morgan fingerprint density at radius 3 is 3.06 bits per heavy atom. The highest BCUT2D eigenvalue weighted by Crippen LogP contribution is 2.25. The Balaban J connectivity index is 2.10. The first-order chi connectivity index (χ1) is 7.68. The van der Waals surface area contributed by atoms with Crippen molar-refractivity contribution in [1.82, 2.24) is 0 Å². The van der Waals surface area contributed by atoms with Crippen molar-refractivity contribution in [2.45, 2.75) is 18.9 Å². The minimum absolute atomic E-state index is 0.119. The molecule has 2 unspecified atom stereocenters. The van der Waals surface area contributed by atoms with Gasteiger partial charge in [0.05, 0.1) is 11.6 Å². The van der Waals surface area contributed by atoms with E-state index in [9.17, 15) is 4.39 Å². The highest BCUT2D eigenvalue weighted by atomic mass is 35.5. The van der Waals surface area contributed by atoms with Crippen LogP contribution in [0.25, 0.3) is 0 Å². The molecule has 2 N–H and O–H groups in total. The van der Waals surface area contributed by atoms with Crippen LogP contribution in [-0.4, -0.2) is 19.3 Å². The van der Waals surface area contributed by atoms with Crippen molar-refractivity contribution in [2.24, 2.45) is 11.7 Å².